The normalized spacial score (nSPS) is 10.3. The molecular weight excluding hydrogens is 256 g/mol. The quantitative estimate of drug-likeness (QED) is 0.717. The third kappa shape index (κ3) is 2.82. The Morgan fingerprint density at radius 3 is 1.71 bits per heavy atom. The van der Waals surface area contributed by atoms with Crippen molar-refractivity contribution in [1.29, 1.82) is 5.26 Å². The van der Waals surface area contributed by atoms with E-state index < -0.39 is 0 Å². The summed E-state index contributed by atoms with van der Waals surface area (Å²) < 4.78 is 0. The highest BCUT2D eigenvalue weighted by Crippen LogP contribution is 2.31. The second-order valence-electron chi connectivity index (χ2n) is 4.84. The molecule has 0 atom stereocenters. The Morgan fingerprint density at radius 1 is 0.714 bits per heavy atom. The number of aromatic nitrogens is 1. The van der Waals surface area contributed by atoms with E-state index in [0.29, 0.717) is 5.69 Å². The fraction of sp³-hybridized carbons (Fsp3) is 0.0526. The molecule has 0 radical (unpaired) electrons. The standard InChI is InChI=1S/C19H14N2/c20-13-18-12-11-17(14-21-18)19(15-7-3-1-4-8-15)16-9-5-2-6-10-16/h1-12,14,19H. The Balaban J connectivity index is 2.10. The number of hydrogen-bond donors (Lipinski definition) is 0. The van der Waals surface area contributed by atoms with Gasteiger partial charge in [0.25, 0.3) is 0 Å². The molecule has 0 unspecified atom stereocenters. The highest BCUT2D eigenvalue weighted by Gasteiger charge is 2.16. The molecule has 0 saturated heterocycles. The summed E-state index contributed by atoms with van der Waals surface area (Å²) in [6.45, 7) is 0. The molecule has 0 saturated carbocycles. The van der Waals surface area contributed by atoms with Crippen molar-refractivity contribution in [2.24, 2.45) is 0 Å². The lowest BCUT2D eigenvalue weighted by molar-refractivity contribution is 0.961. The van der Waals surface area contributed by atoms with Crippen molar-refractivity contribution in [2.75, 3.05) is 0 Å². The van der Waals surface area contributed by atoms with Gasteiger partial charge >= 0.3 is 0 Å². The minimum absolute atomic E-state index is 0.132. The summed E-state index contributed by atoms with van der Waals surface area (Å²) in [6.07, 6.45) is 1.79. The van der Waals surface area contributed by atoms with E-state index in [1.165, 1.54) is 11.1 Å². The Hall–Kier alpha value is -2.92. The predicted octanol–water partition coefficient (Wildman–Crippen LogP) is 4.13. The lowest BCUT2D eigenvalue weighted by atomic mass is 9.86. The van der Waals surface area contributed by atoms with Gasteiger partial charge in [0.1, 0.15) is 11.8 Å². The molecule has 1 heterocycles. The van der Waals surface area contributed by atoms with E-state index in [0.717, 1.165) is 5.56 Å². The summed E-state index contributed by atoms with van der Waals surface area (Å²) >= 11 is 0. The molecule has 0 amide bonds. The first kappa shape index (κ1) is 13.1. The molecule has 100 valence electrons. The molecular formula is C19H14N2. The zero-order valence-electron chi connectivity index (χ0n) is 11.5. The number of nitrogens with zero attached hydrogens (tertiary/aromatic N) is 2. The van der Waals surface area contributed by atoms with Gasteiger partial charge in [-0.3, -0.25) is 0 Å². The van der Waals surface area contributed by atoms with Crippen LogP contribution in [0.1, 0.15) is 28.3 Å². The summed E-state index contributed by atoms with van der Waals surface area (Å²) in [4.78, 5) is 4.21. The van der Waals surface area contributed by atoms with Gasteiger partial charge in [0, 0.05) is 12.1 Å². The molecule has 0 spiro atoms. The topological polar surface area (TPSA) is 36.7 Å². The van der Waals surface area contributed by atoms with E-state index in [9.17, 15) is 0 Å². The van der Waals surface area contributed by atoms with Crippen LogP contribution in [0.4, 0.5) is 0 Å². The molecule has 0 aliphatic heterocycles. The second-order valence-corrected chi connectivity index (χ2v) is 4.84. The number of pyridine rings is 1. The van der Waals surface area contributed by atoms with Crippen molar-refractivity contribution in [2.45, 2.75) is 5.92 Å². The van der Waals surface area contributed by atoms with Crippen LogP contribution >= 0.6 is 0 Å². The first-order valence-electron chi connectivity index (χ1n) is 6.84. The first-order valence-corrected chi connectivity index (χ1v) is 6.84. The van der Waals surface area contributed by atoms with Crippen molar-refractivity contribution in [3.63, 3.8) is 0 Å². The summed E-state index contributed by atoms with van der Waals surface area (Å²) in [7, 11) is 0. The highest BCUT2D eigenvalue weighted by molar-refractivity contribution is 5.42. The van der Waals surface area contributed by atoms with E-state index in [1.807, 2.05) is 42.5 Å². The zero-order chi connectivity index (χ0) is 14.5. The van der Waals surface area contributed by atoms with Gasteiger partial charge in [0.2, 0.25) is 0 Å². The smallest absolute Gasteiger partial charge is 0.140 e. The van der Waals surface area contributed by atoms with E-state index in [2.05, 4.69) is 35.3 Å². The molecule has 0 aliphatic rings. The Labute approximate surface area is 124 Å². The van der Waals surface area contributed by atoms with Crippen molar-refractivity contribution in [1.82, 2.24) is 4.98 Å². The third-order valence-corrected chi connectivity index (χ3v) is 3.50. The highest BCUT2D eigenvalue weighted by atomic mass is 14.7. The maximum absolute atomic E-state index is 8.89. The van der Waals surface area contributed by atoms with Crippen LogP contribution in [0.3, 0.4) is 0 Å². The van der Waals surface area contributed by atoms with Crippen molar-refractivity contribution >= 4 is 0 Å². The van der Waals surface area contributed by atoms with Crippen LogP contribution in [0.5, 0.6) is 0 Å². The van der Waals surface area contributed by atoms with Gasteiger partial charge in [-0.05, 0) is 22.8 Å². The number of nitriles is 1. The van der Waals surface area contributed by atoms with Crippen molar-refractivity contribution in [3.05, 3.63) is 101 Å². The lowest BCUT2D eigenvalue weighted by Crippen LogP contribution is -2.04. The molecule has 3 rings (SSSR count). The predicted molar refractivity (Wildman–Crippen MR) is 82.8 cm³/mol. The van der Waals surface area contributed by atoms with Gasteiger partial charge in [-0.1, -0.05) is 66.7 Å². The fourth-order valence-electron chi connectivity index (χ4n) is 2.51. The SMILES string of the molecule is N#Cc1ccc(C(c2ccccc2)c2ccccc2)cn1. The van der Waals surface area contributed by atoms with Crippen LogP contribution in [-0.4, -0.2) is 4.98 Å². The fourth-order valence-corrected chi connectivity index (χ4v) is 2.51. The van der Waals surface area contributed by atoms with E-state index >= 15 is 0 Å². The van der Waals surface area contributed by atoms with Gasteiger partial charge in [-0.2, -0.15) is 5.26 Å². The summed E-state index contributed by atoms with van der Waals surface area (Å²) in [5, 5.41) is 8.89. The molecule has 2 aromatic carbocycles. The van der Waals surface area contributed by atoms with Crippen LogP contribution in [0.2, 0.25) is 0 Å². The summed E-state index contributed by atoms with van der Waals surface area (Å²) in [6, 6.07) is 26.5. The minimum atomic E-state index is 0.132. The van der Waals surface area contributed by atoms with Gasteiger partial charge in [0.05, 0.1) is 0 Å². The first-order chi connectivity index (χ1) is 10.4. The van der Waals surface area contributed by atoms with Gasteiger partial charge < -0.3 is 0 Å². The molecule has 0 bridgehead atoms. The average Bonchev–Trinajstić information content (AvgIpc) is 2.58. The molecule has 0 N–H and O–H groups in total. The second kappa shape index (κ2) is 6.02. The summed E-state index contributed by atoms with van der Waals surface area (Å²) in [5.41, 5.74) is 3.97. The van der Waals surface area contributed by atoms with E-state index in [4.69, 9.17) is 5.26 Å². The molecule has 3 aromatic rings. The van der Waals surface area contributed by atoms with Crippen LogP contribution in [0.25, 0.3) is 0 Å². The number of benzene rings is 2. The number of rotatable bonds is 3. The largest absolute Gasteiger partial charge is 0.245 e. The minimum Gasteiger partial charge on any atom is -0.245 e. The Morgan fingerprint density at radius 2 is 1.29 bits per heavy atom. The maximum atomic E-state index is 8.89. The molecule has 0 aliphatic carbocycles. The van der Waals surface area contributed by atoms with Crippen LogP contribution in [0.15, 0.2) is 79.0 Å². The Kier molecular flexibility index (Phi) is 3.75. The van der Waals surface area contributed by atoms with Crippen molar-refractivity contribution < 1.29 is 0 Å². The van der Waals surface area contributed by atoms with Gasteiger partial charge in [-0.15, -0.1) is 0 Å². The van der Waals surface area contributed by atoms with Gasteiger partial charge in [-0.25, -0.2) is 4.98 Å². The Bertz CT molecular complexity index is 702. The van der Waals surface area contributed by atoms with Crippen molar-refractivity contribution in [3.8, 4) is 6.07 Å². The molecule has 2 nitrogen and oxygen atoms in total. The van der Waals surface area contributed by atoms with E-state index in [-0.39, 0.29) is 5.92 Å². The van der Waals surface area contributed by atoms with Crippen LogP contribution in [0, 0.1) is 11.3 Å². The number of hydrogen-bond acceptors (Lipinski definition) is 2. The zero-order valence-corrected chi connectivity index (χ0v) is 11.5. The summed E-state index contributed by atoms with van der Waals surface area (Å²) in [5.74, 6) is 0.132. The molecule has 1 aromatic heterocycles. The lowest BCUT2D eigenvalue weighted by Gasteiger charge is -2.18. The molecule has 0 fully saturated rings. The average molecular weight is 270 g/mol. The monoisotopic (exact) mass is 270 g/mol. The molecule has 21 heavy (non-hydrogen) atoms. The van der Waals surface area contributed by atoms with E-state index in [1.54, 1.807) is 12.3 Å². The van der Waals surface area contributed by atoms with Crippen LogP contribution in [-0.2, 0) is 0 Å². The maximum Gasteiger partial charge on any atom is 0.140 e. The molecule has 2 heteroatoms. The third-order valence-electron chi connectivity index (χ3n) is 3.50. The van der Waals surface area contributed by atoms with Gasteiger partial charge in [0.15, 0.2) is 0 Å². The van der Waals surface area contributed by atoms with Crippen LogP contribution < -0.4 is 0 Å².